The summed E-state index contributed by atoms with van der Waals surface area (Å²) >= 11 is 3.42. The predicted octanol–water partition coefficient (Wildman–Crippen LogP) is 3.62. The third-order valence-corrected chi connectivity index (χ3v) is 3.69. The third kappa shape index (κ3) is 3.04. The quantitative estimate of drug-likeness (QED) is 0.870. The topological polar surface area (TPSA) is 43.4 Å². The molecule has 0 fully saturated rings. The Morgan fingerprint density at radius 2 is 2.00 bits per heavy atom. The van der Waals surface area contributed by atoms with E-state index in [0.717, 1.165) is 33.8 Å². The summed E-state index contributed by atoms with van der Waals surface area (Å²) in [6, 6.07) is 9.93. The molecule has 0 aliphatic carbocycles. The number of anilines is 1. The molecule has 104 valence electrons. The molecule has 4 nitrogen and oxygen atoms in total. The van der Waals surface area contributed by atoms with Crippen LogP contribution in [0.2, 0.25) is 0 Å². The van der Waals surface area contributed by atoms with Crippen molar-refractivity contribution < 1.29 is 9.47 Å². The molecule has 0 spiro atoms. The van der Waals surface area contributed by atoms with E-state index in [2.05, 4.69) is 26.2 Å². The van der Waals surface area contributed by atoms with Gasteiger partial charge in [0.1, 0.15) is 4.60 Å². The van der Waals surface area contributed by atoms with E-state index < -0.39 is 0 Å². The largest absolute Gasteiger partial charge is 0.490 e. The minimum atomic E-state index is 0.706. The van der Waals surface area contributed by atoms with Gasteiger partial charge >= 0.3 is 0 Å². The van der Waals surface area contributed by atoms with Crippen molar-refractivity contribution in [3.63, 3.8) is 0 Å². The lowest BCUT2D eigenvalue weighted by Gasteiger charge is -2.11. The zero-order valence-corrected chi connectivity index (χ0v) is 12.5. The summed E-state index contributed by atoms with van der Waals surface area (Å²) in [5.74, 6) is 1.65. The van der Waals surface area contributed by atoms with Crippen molar-refractivity contribution in [1.29, 1.82) is 0 Å². The lowest BCUT2D eigenvalue weighted by molar-refractivity contribution is 0.297. The average Bonchev–Trinajstić information content (AvgIpc) is 2.71. The van der Waals surface area contributed by atoms with Crippen LogP contribution in [0.5, 0.6) is 11.5 Å². The Balaban J connectivity index is 1.72. The first-order valence-electron chi connectivity index (χ1n) is 6.56. The molecule has 1 aromatic carbocycles. The zero-order chi connectivity index (χ0) is 13.8. The Morgan fingerprint density at radius 3 is 2.85 bits per heavy atom. The van der Waals surface area contributed by atoms with Crippen LogP contribution < -0.4 is 14.8 Å². The predicted molar refractivity (Wildman–Crippen MR) is 81.3 cm³/mol. The number of halogens is 1. The van der Waals surface area contributed by atoms with Gasteiger partial charge in [0.2, 0.25) is 0 Å². The van der Waals surface area contributed by atoms with Crippen molar-refractivity contribution >= 4 is 21.6 Å². The van der Waals surface area contributed by atoms with E-state index in [-0.39, 0.29) is 0 Å². The van der Waals surface area contributed by atoms with Crippen molar-refractivity contribution in [1.82, 2.24) is 4.98 Å². The molecular weight excluding hydrogens is 320 g/mol. The second kappa shape index (κ2) is 6.13. The van der Waals surface area contributed by atoms with Crippen LogP contribution in [0.3, 0.4) is 0 Å². The maximum absolute atomic E-state index is 5.69. The molecule has 2 aromatic rings. The summed E-state index contributed by atoms with van der Waals surface area (Å²) in [6.45, 7) is 2.13. The van der Waals surface area contributed by atoms with Crippen LogP contribution in [-0.4, -0.2) is 18.2 Å². The van der Waals surface area contributed by atoms with Crippen LogP contribution in [0.15, 0.2) is 41.1 Å². The maximum atomic E-state index is 5.69. The van der Waals surface area contributed by atoms with E-state index in [1.54, 1.807) is 6.20 Å². The summed E-state index contributed by atoms with van der Waals surface area (Å²) in [5.41, 5.74) is 2.12. The molecule has 2 heterocycles. The Bertz CT molecular complexity index is 604. The van der Waals surface area contributed by atoms with Crippen molar-refractivity contribution in [2.75, 3.05) is 18.5 Å². The zero-order valence-electron chi connectivity index (χ0n) is 10.9. The molecule has 0 atom stereocenters. The van der Waals surface area contributed by atoms with Gasteiger partial charge in [-0.05, 0) is 45.8 Å². The Labute approximate surface area is 126 Å². The van der Waals surface area contributed by atoms with Gasteiger partial charge < -0.3 is 14.8 Å². The molecule has 1 N–H and O–H groups in total. The summed E-state index contributed by atoms with van der Waals surface area (Å²) in [5, 5.41) is 3.35. The molecule has 0 unspecified atom stereocenters. The van der Waals surface area contributed by atoms with Gasteiger partial charge in [-0.25, -0.2) is 4.98 Å². The van der Waals surface area contributed by atoms with Gasteiger partial charge in [-0.1, -0.05) is 6.07 Å². The molecule has 20 heavy (non-hydrogen) atoms. The second-order valence-corrected chi connectivity index (χ2v) is 5.28. The number of nitrogens with zero attached hydrogens (tertiary/aromatic N) is 1. The van der Waals surface area contributed by atoms with Crippen molar-refractivity contribution in [2.45, 2.75) is 13.0 Å². The van der Waals surface area contributed by atoms with Crippen LogP contribution >= 0.6 is 15.9 Å². The number of benzene rings is 1. The lowest BCUT2D eigenvalue weighted by atomic mass is 10.2. The van der Waals surface area contributed by atoms with Gasteiger partial charge in [0.25, 0.3) is 0 Å². The van der Waals surface area contributed by atoms with Crippen LogP contribution in [-0.2, 0) is 6.54 Å². The first-order chi connectivity index (χ1) is 9.83. The standard InChI is InChI=1S/C15H15BrN2O2/c16-15-12(3-1-6-17-15)18-10-11-4-5-13-14(9-11)20-8-2-7-19-13/h1,3-6,9,18H,2,7-8,10H2. The van der Waals surface area contributed by atoms with Crippen LogP contribution in [0.4, 0.5) is 5.69 Å². The van der Waals surface area contributed by atoms with E-state index in [1.807, 2.05) is 30.3 Å². The Morgan fingerprint density at radius 1 is 1.15 bits per heavy atom. The molecule has 0 amide bonds. The van der Waals surface area contributed by atoms with Crippen LogP contribution in [0.1, 0.15) is 12.0 Å². The van der Waals surface area contributed by atoms with Crippen molar-refractivity contribution in [3.05, 3.63) is 46.7 Å². The maximum Gasteiger partial charge on any atom is 0.161 e. The highest BCUT2D eigenvalue weighted by Gasteiger charge is 2.10. The van der Waals surface area contributed by atoms with Gasteiger partial charge in [-0.3, -0.25) is 0 Å². The summed E-state index contributed by atoms with van der Waals surface area (Å²) < 4.78 is 12.1. The summed E-state index contributed by atoms with van der Waals surface area (Å²) in [4.78, 5) is 4.18. The third-order valence-electron chi connectivity index (χ3n) is 3.05. The van der Waals surface area contributed by atoms with Gasteiger partial charge in [0.05, 0.1) is 18.9 Å². The van der Waals surface area contributed by atoms with Crippen LogP contribution in [0.25, 0.3) is 0 Å². The Hall–Kier alpha value is -1.75. The number of pyridine rings is 1. The lowest BCUT2D eigenvalue weighted by Crippen LogP contribution is -2.01. The van der Waals surface area contributed by atoms with E-state index in [0.29, 0.717) is 19.8 Å². The van der Waals surface area contributed by atoms with Gasteiger partial charge in [-0.15, -0.1) is 0 Å². The number of fused-ring (bicyclic) bond motifs is 1. The minimum Gasteiger partial charge on any atom is -0.490 e. The van der Waals surface area contributed by atoms with Gasteiger partial charge in [0, 0.05) is 19.2 Å². The molecule has 0 saturated heterocycles. The van der Waals surface area contributed by atoms with Crippen LogP contribution in [0, 0.1) is 0 Å². The highest BCUT2D eigenvalue weighted by Crippen LogP contribution is 2.30. The fourth-order valence-electron chi connectivity index (χ4n) is 2.03. The molecule has 0 bridgehead atoms. The number of rotatable bonds is 3. The monoisotopic (exact) mass is 334 g/mol. The smallest absolute Gasteiger partial charge is 0.161 e. The van der Waals surface area contributed by atoms with E-state index in [9.17, 15) is 0 Å². The molecule has 1 aliphatic heterocycles. The van der Waals surface area contributed by atoms with Crippen molar-refractivity contribution in [2.24, 2.45) is 0 Å². The van der Waals surface area contributed by atoms with E-state index >= 15 is 0 Å². The molecule has 5 heteroatoms. The highest BCUT2D eigenvalue weighted by molar-refractivity contribution is 9.10. The number of nitrogens with one attached hydrogen (secondary N) is 1. The molecule has 0 radical (unpaired) electrons. The Kier molecular flexibility index (Phi) is 4.06. The summed E-state index contributed by atoms with van der Waals surface area (Å²) in [6.07, 6.45) is 2.67. The fourth-order valence-corrected chi connectivity index (χ4v) is 2.42. The summed E-state index contributed by atoms with van der Waals surface area (Å²) in [7, 11) is 0. The minimum absolute atomic E-state index is 0.706. The molecule has 1 aliphatic rings. The normalized spacial score (nSPS) is 13.7. The first-order valence-corrected chi connectivity index (χ1v) is 7.35. The molecule has 0 saturated carbocycles. The number of ether oxygens (including phenoxy) is 2. The first kappa shape index (κ1) is 13.2. The molecule has 1 aromatic heterocycles. The number of hydrogen-bond donors (Lipinski definition) is 1. The SMILES string of the molecule is Brc1ncccc1NCc1ccc2c(c1)OCCCO2. The fraction of sp³-hybridized carbons (Fsp3) is 0.267. The van der Waals surface area contributed by atoms with Gasteiger partial charge in [0.15, 0.2) is 11.5 Å². The van der Waals surface area contributed by atoms with Gasteiger partial charge in [-0.2, -0.15) is 0 Å². The number of hydrogen-bond acceptors (Lipinski definition) is 4. The molecular formula is C15H15BrN2O2. The van der Waals surface area contributed by atoms with Crippen molar-refractivity contribution in [3.8, 4) is 11.5 Å². The average molecular weight is 335 g/mol. The highest BCUT2D eigenvalue weighted by atomic mass is 79.9. The van der Waals surface area contributed by atoms with E-state index in [4.69, 9.17) is 9.47 Å². The second-order valence-electron chi connectivity index (χ2n) is 4.53. The molecule has 3 rings (SSSR count). The number of aromatic nitrogens is 1. The van der Waals surface area contributed by atoms with E-state index in [1.165, 1.54) is 0 Å².